The van der Waals surface area contributed by atoms with Crippen molar-refractivity contribution >= 4 is 38.9 Å². The molecule has 3 aromatic carbocycles. The van der Waals surface area contributed by atoms with Gasteiger partial charge < -0.3 is 14.8 Å². The maximum absolute atomic E-state index is 12.7. The Morgan fingerprint density at radius 3 is 2.24 bits per heavy atom. The third-order valence-corrected chi connectivity index (χ3v) is 6.74. The Morgan fingerprint density at radius 2 is 1.64 bits per heavy atom. The second-order valence-corrected chi connectivity index (χ2v) is 9.31. The van der Waals surface area contributed by atoms with Gasteiger partial charge in [-0.15, -0.1) is 0 Å². The lowest BCUT2D eigenvalue weighted by Crippen LogP contribution is -2.32. The number of carbonyl (C=O) groups excluding carboxylic acids is 1. The van der Waals surface area contributed by atoms with Gasteiger partial charge in [-0.25, -0.2) is 8.42 Å². The zero-order valence-corrected chi connectivity index (χ0v) is 20.0. The van der Waals surface area contributed by atoms with Crippen LogP contribution in [0.4, 0.5) is 11.4 Å². The molecule has 0 saturated heterocycles. The van der Waals surface area contributed by atoms with Crippen LogP contribution in [0.15, 0.2) is 71.6 Å². The average molecular weight is 489 g/mol. The SMILES string of the molecule is CCC(Oc1ccc(OC)cc1)C(=O)Nc1ccc(S(=O)(=O)Nc2cccc(Cl)c2C)cc1. The van der Waals surface area contributed by atoms with E-state index in [1.54, 1.807) is 56.5 Å². The summed E-state index contributed by atoms with van der Waals surface area (Å²) in [4.78, 5) is 12.7. The summed E-state index contributed by atoms with van der Waals surface area (Å²) in [7, 11) is -2.25. The minimum Gasteiger partial charge on any atom is -0.497 e. The van der Waals surface area contributed by atoms with Crippen molar-refractivity contribution in [2.45, 2.75) is 31.3 Å². The van der Waals surface area contributed by atoms with Crippen LogP contribution in [0.2, 0.25) is 5.02 Å². The predicted molar refractivity (Wildman–Crippen MR) is 130 cm³/mol. The maximum Gasteiger partial charge on any atom is 0.265 e. The number of benzene rings is 3. The molecule has 0 saturated carbocycles. The van der Waals surface area contributed by atoms with Crippen LogP contribution in [0.1, 0.15) is 18.9 Å². The van der Waals surface area contributed by atoms with Gasteiger partial charge >= 0.3 is 0 Å². The van der Waals surface area contributed by atoms with Crippen molar-refractivity contribution in [1.82, 2.24) is 0 Å². The molecule has 1 unspecified atom stereocenters. The van der Waals surface area contributed by atoms with Crippen LogP contribution < -0.4 is 19.5 Å². The van der Waals surface area contributed by atoms with Gasteiger partial charge in [0.15, 0.2) is 6.10 Å². The summed E-state index contributed by atoms with van der Waals surface area (Å²) in [6.45, 7) is 3.57. The minimum absolute atomic E-state index is 0.0569. The van der Waals surface area contributed by atoms with Crippen molar-refractivity contribution < 1.29 is 22.7 Å². The van der Waals surface area contributed by atoms with Gasteiger partial charge in [-0.05, 0) is 79.6 Å². The Kier molecular flexibility index (Phi) is 7.84. The number of halogens is 1. The molecule has 0 aliphatic carbocycles. The molecule has 0 heterocycles. The smallest absolute Gasteiger partial charge is 0.265 e. The quantitative estimate of drug-likeness (QED) is 0.429. The van der Waals surface area contributed by atoms with E-state index >= 15 is 0 Å². The van der Waals surface area contributed by atoms with E-state index in [1.165, 1.54) is 24.3 Å². The predicted octanol–water partition coefficient (Wildman–Crippen LogP) is 5.25. The Balaban J connectivity index is 1.67. The minimum atomic E-state index is -3.82. The lowest BCUT2D eigenvalue weighted by atomic mass is 10.2. The number of carbonyl (C=O) groups is 1. The summed E-state index contributed by atoms with van der Waals surface area (Å²) in [5, 5.41) is 3.23. The molecule has 174 valence electrons. The number of nitrogens with one attached hydrogen (secondary N) is 2. The first-order valence-corrected chi connectivity index (χ1v) is 12.1. The Hall–Kier alpha value is -3.23. The van der Waals surface area contributed by atoms with E-state index < -0.39 is 16.1 Å². The van der Waals surface area contributed by atoms with Crippen LogP contribution in [0, 0.1) is 6.92 Å². The topological polar surface area (TPSA) is 93.7 Å². The fraction of sp³-hybridized carbons (Fsp3) is 0.208. The highest BCUT2D eigenvalue weighted by molar-refractivity contribution is 7.92. The van der Waals surface area contributed by atoms with Crippen molar-refractivity contribution in [2.75, 3.05) is 17.1 Å². The molecular weight excluding hydrogens is 464 g/mol. The molecule has 0 spiro atoms. The van der Waals surface area contributed by atoms with Crippen LogP contribution in [-0.4, -0.2) is 27.5 Å². The average Bonchev–Trinajstić information content (AvgIpc) is 2.81. The van der Waals surface area contributed by atoms with Crippen LogP contribution in [0.25, 0.3) is 0 Å². The summed E-state index contributed by atoms with van der Waals surface area (Å²) in [6.07, 6.45) is -0.262. The van der Waals surface area contributed by atoms with E-state index in [1.807, 2.05) is 6.92 Å². The summed E-state index contributed by atoms with van der Waals surface area (Å²) >= 11 is 6.07. The largest absolute Gasteiger partial charge is 0.497 e. The van der Waals surface area contributed by atoms with Gasteiger partial charge in [-0.2, -0.15) is 0 Å². The first-order chi connectivity index (χ1) is 15.7. The lowest BCUT2D eigenvalue weighted by Gasteiger charge is -2.18. The van der Waals surface area contributed by atoms with Gasteiger partial charge in [0.1, 0.15) is 11.5 Å². The van der Waals surface area contributed by atoms with Crippen LogP contribution in [0.3, 0.4) is 0 Å². The lowest BCUT2D eigenvalue weighted by molar-refractivity contribution is -0.122. The van der Waals surface area contributed by atoms with Gasteiger partial charge in [-0.3, -0.25) is 9.52 Å². The van der Waals surface area contributed by atoms with Gasteiger partial charge in [0, 0.05) is 10.7 Å². The monoisotopic (exact) mass is 488 g/mol. The van der Waals surface area contributed by atoms with Gasteiger partial charge in [0.2, 0.25) is 0 Å². The number of hydrogen-bond acceptors (Lipinski definition) is 5. The molecule has 2 N–H and O–H groups in total. The van der Waals surface area contributed by atoms with E-state index in [2.05, 4.69) is 10.0 Å². The number of ether oxygens (including phenoxy) is 2. The Labute approximate surface area is 198 Å². The van der Waals surface area contributed by atoms with Crippen LogP contribution in [-0.2, 0) is 14.8 Å². The van der Waals surface area contributed by atoms with Crippen LogP contribution >= 0.6 is 11.6 Å². The molecule has 33 heavy (non-hydrogen) atoms. The molecule has 0 radical (unpaired) electrons. The van der Waals surface area contributed by atoms with Crippen molar-refractivity contribution in [1.29, 1.82) is 0 Å². The fourth-order valence-corrected chi connectivity index (χ4v) is 4.30. The molecule has 9 heteroatoms. The van der Waals surface area contributed by atoms with Gasteiger partial charge in [0.25, 0.3) is 15.9 Å². The van der Waals surface area contributed by atoms with E-state index in [4.69, 9.17) is 21.1 Å². The summed E-state index contributed by atoms with van der Waals surface area (Å²) in [6, 6.07) is 17.8. The normalized spacial score (nSPS) is 12.0. The van der Waals surface area contributed by atoms with E-state index in [0.717, 1.165) is 0 Å². The molecule has 7 nitrogen and oxygen atoms in total. The molecule has 0 aliphatic rings. The molecule has 0 aromatic heterocycles. The van der Waals surface area contributed by atoms with Crippen molar-refractivity contribution in [2.24, 2.45) is 0 Å². The molecule has 3 aromatic rings. The first-order valence-electron chi connectivity index (χ1n) is 10.2. The number of anilines is 2. The Morgan fingerprint density at radius 1 is 1.00 bits per heavy atom. The molecular formula is C24H25ClN2O5S. The third kappa shape index (κ3) is 6.18. The molecule has 1 amide bonds. The highest BCUT2D eigenvalue weighted by atomic mass is 35.5. The third-order valence-electron chi connectivity index (χ3n) is 4.95. The van der Waals surface area contributed by atoms with Crippen molar-refractivity contribution in [3.05, 3.63) is 77.3 Å². The maximum atomic E-state index is 12.7. The number of hydrogen-bond donors (Lipinski definition) is 2. The standard InChI is InChI=1S/C24H25ClN2O5S/c1-4-23(32-19-12-10-18(31-3)11-13-19)24(28)26-17-8-14-20(15-9-17)33(29,30)27-22-7-5-6-21(25)16(22)2/h5-15,23,27H,4H2,1-3H3,(H,26,28). The summed E-state index contributed by atoms with van der Waals surface area (Å²) < 4.78 is 38.9. The molecule has 0 bridgehead atoms. The van der Waals surface area contributed by atoms with Gasteiger partial charge in [-0.1, -0.05) is 24.6 Å². The fourth-order valence-electron chi connectivity index (χ4n) is 3.00. The zero-order valence-electron chi connectivity index (χ0n) is 18.5. The summed E-state index contributed by atoms with van der Waals surface area (Å²) in [5.74, 6) is 0.896. The van der Waals surface area contributed by atoms with Crippen molar-refractivity contribution in [3.63, 3.8) is 0 Å². The molecule has 0 fully saturated rings. The van der Waals surface area contributed by atoms with Gasteiger partial charge in [0.05, 0.1) is 17.7 Å². The summed E-state index contributed by atoms with van der Waals surface area (Å²) in [5.41, 5.74) is 1.49. The number of methoxy groups -OCH3 is 1. The highest BCUT2D eigenvalue weighted by Crippen LogP contribution is 2.26. The number of amides is 1. The van der Waals surface area contributed by atoms with E-state index in [9.17, 15) is 13.2 Å². The number of rotatable bonds is 9. The zero-order chi connectivity index (χ0) is 24.0. The van der Waals surface area contributed by atoms with E-state index in [0.29, 0.717) is 39.9 Å². The molecule has 1 atom stereocenters. The second kappa shape index (κ2) is 10.6. The molecule has 3 rings (SSSR count). The molecule has 0 aliphatic heterocycles. The first kappa shape index (κ1) is 24.4. The number of sulfonamides is 1. The van der Waals surface area contributed by atoms with E-state index in [-0.39, 0.29) is 10.8 Å². The van der Waals surface area contributed by atoms with Crippen molar-refractivity contribution in [3.8, 4) is 11.5 Å². The Bertz CT molecular complexity index is 1210. The second-order valence-electron chi connectivity index (χ2n) is 7.22. The van der Waals surface area contributed by atoms with Crippen LogP contribution in [0.5, 0.6) is 11.5 Å². The highest BCUT2D eigenvalue weighted by Gasteiger charge is 2.20.